The minimum atomic E-state index is 0.538. The van der Waals surface area contributed by atoms with E-state index in [1.54, 1.807) is 0 Å². The second-order valence-electron chi connectivity index (χ2n) is 2.58. The summed E-state index contributed by atoms with van der Waals surface area (Å²) in [6.45, 7) is 4.60. The van der Waals surface area contributed by atoms with Crippen molar-refractivity contribution in [3.05, 3.63) is 0 Å². The Morgan fingerprint density at radius 3 is 2.90 bits per heavy atom. The van der Waals surface area contributed by atoms with E-state index < -0.39 is 0 Å². The molecule has 10 heavy (non-hydrogen) atoms. The molecule has 0 fully saturated rings. The average Bonchev–Trinajstić information content (AvgIpc) is 2.20. The van der Waals surface area contributed by atoms with Gasteiger partial charge in [0.15, 0.2) is 6.29 Å². The Morgan fingerprint density at radius 2 is 2.50 bits per heavy atom. The number of hydrogen-bond acceptors (Lipinski definition) is 2. The molecule has 0 aromatic heterocycles. The molecule has 0 aromatic rings. The monoisotopic (exact) mass is 141 g/mol. The Bertz CT molecular complexity index is 174. The quantitative estimate of drug-likeness (QED) is 0.384. The molecule has 1 heterocycles. The van der Waals surface area contributed by atoms with Gasteiger partial charge in [-0.2, -0.15) is 0 Å². The summed E-state index contributed by atoms with van der Waals surface area (Å²) >= 11 is 0. The molecule has 1 aliphatic rings. The van der Waals surface area contributed by atoms with Gasteiger partial charge in [0.25, 0.3) is 0 Å². The Hall–Kier alpha value is -0.860. The second-order valence-corrected chi connectivity index (χ2v) is 2.58. The lowest BCUT2D eigenvalue weighted by atomic mass is 10.6. The number of amidine groups is 1. The molecule has 0 radical (unpaired) electrons. The molecular formula is C7H13N2O+. The molecule has 0 bridgehead atoms. The lowest BCUT2D eigenvalue weighted by Crippen LogP contribution is -2.22. The van der Waals surface area contributed by atoms with Crippen LogP contribution in [0.1, 0.15) is 6.92 Å². The Labute approximate surface area is 60.9 Å². The van der Waals surface area contributed by atoms with Crippen LogP contribution in [-0.4, -0.2) is 48.3 Å². The number of rotatable bonds is 2. The fourth-order valence-corrected chi connectivity index (χ4v) is 1.15. The third-order valence-electron chi connectivity index (χ3n) is 2.01. The van der Waals surface area contributed by atoms with Crippen molar-refractivity contribution in [1.82, 2.24) is 4.90 Å². The zero-order chi connectivity index (χ0) is 7.56. The van der Waals surface area contributed by atoms with E-state index in [0.29, 0.717) is 6.54 Å². The van der Waals surface area contributed by atoms with Crippen LogP contribution in [0.15, 0.2) is 0 Å². The Kier molecular flexibility index (Phi) is 2.04. The average molecular weight is 141 g/mol. The van der Waals surface area contributed by atoms with Gasteiger partial charge in [-0.05, 0) is 0 Å². The van der Waals surface area contributed by atoms with Crippen LogP contribution >= 0.6 is 0 Å². The van der Waals surface area contributed by atoms with Crippen molar-refractivity contribution in [1.29, 1.82) is 0 Å². The first kappa shape index (κ1) is 7.25. The van der Waals surface area contributed by atoms with Crippen LogP contribution in [0.4, 0.5) is 0 Å². The van der Waals surface area contributed by atoms with Gasteiger partial charge in [-0.25, -0.2) is 0 Å². The van der Waals surface area contributed by atoms with Gasteiger partial charge in [-0.1, -0.05) is 0 Å². The van der Waals surface area contributed by atoms with Crippen LogP contribution in [-0.2, 0) is 4.79 Å². The SMILES string of the molecule is CC1=[N+](CC=O)CCN1C. The predicted molar refractivity (Wildman–Crippen MR) is 39.4 cm³/mol. The molecule has 1 aliphatic heterocycles. The highest BCUT2D eigenvalue weighted by molar-refractivity contribution is 5.75. The van der Waals surface area contributed by atoms with E-state index in [9.17, 15) is 4.79 Å². The van der Waals surface area contributed by atoms with Crippen LogP contribution in [0, 0.1) is 0 Å². The van der Waals surface area contributed by atoms with Crippen molar-refractivity contribution in [2.24, 2.45) is 0 Å². The van der Waals surface area contributed by atoms with Crippen LogP contribution in [0.5, 0.6) is 0 Å². The smallest absolute Gasteiger partial charge is 0.244 e. The first-order valence-electron chi connectivity index (χ1n) is 3.49. The lowest BCUT2D eigenvalue weighted by molar-refractivity contribution is -0.505. The highest BCUT2D eigenvalue weighted by atomic mass is 16.1. The van der Waals surface area contributed by atoms with Crippen molar-refractivity contribution in [2.75, 3.05) is 26.7 Å². The largest absolute Gasteiger partial charge is 0.299 e. The molecule has 0 amide bonds. The molecular weight excluding hydrogens is 128 g/mol. The molecule has 3 heteroatoms. The summed E-state index contributed by atoms with van der Waals surface area (Å²) in [5.74, 6) is 1.20. The van der Waals surface area contributed by atoms with Gasteiger partial charge in [0.05, 0.1) is 7.05 Å². The summed E-state index contributed by atoms with van der Waals surface area (Å²) in [6.07, 6.45) is 0.947. The molecule has 1 rings (SSSR count). The number of carbonyl (C=O) groups is 1. The van der Waals surface area contributed by atoms with Gasteiger partial charge in [0, 0.05) is 6.92 Å². The van der Waals surface area contributed by atoms with Crippen molar-refractivity contribution in [3.63, 3.8) is 0 Å². The summed E-state index contributed by atoms with van der Waals surface area (Å²) in [7, 11) is 2.04. The topological polar surface area (TPSA) is 23.3 Å². The summed E-state index contributed by atoms with van der Waals surface area (Å²) < 4.78 is 2.08. The molecule has 0 aromatic carbocycles. The van der Waals surface area contributed by atoms with E-state index in [1.807, 2.05) is 14.0 Å². The number of aldehydes is 1. The van der Waals surface area contributed by atoms with E-state index in [2.05, 4.69) is 9.48 Å². The van der Waals surface area contributed by atoms with E-state index >= 15 is 0 Å². The summed E-state index contributed by atoms with van der Waals surface area (Å²) in [4.78, 5) is 12.3. The minimum Gasteiger partial charge on any atom is -0.299 e. The van der Waals surface area contributed by atoms with E-state index in [0.717, 1.165) is 19.4 Å². The zero-order valence-electron chi connectivity index (χ0n) is 6.50. The normalized spacial score (nSPS) is 18.4. The van der Waals surface area contributed by atoms with Crippen LogP contribution in [0.2, 0.25) is 0 Å². The number of hydrogen-bond donors (Lipinski definition) is 0. The Morgan fingerprint density at radius 1 is 1.80 bits per heavy atom. The van der Waals surface area contributed by atoms with Gasteiger partial charge in [-0.3, -0.25) is 14.3 Å². The lowest BCUT2D eigenvalue weighted by Gasteiger charge is -1.99. The third-order valence-corrected chi connectivity index (χ3v) is 2.01. The van der Waals surface area contributed by atoms with E-state index in [4.69, 9.17) is 0 Å². The van der Waals surface area contributed by atoms with Gasteiger partial charge in [-0.15, -0.1) is 0 Å². The van der Waals surface area contributed by atoms with Crippen LogP contribution in [0.3, 0.4) is 0 Å². The molecule has 3 nitrogen and oxygen atoms in total. The van der Waals surface area contributed by atoms with E-state index in [-0.39, 0.29) is 0 Å². The Balaban J connectivity index is 2.64. The fourth-order valence-electron chi connectivity index (χ4n) is 1.15. The van der Waals surface area contributed by atoms with Gasteiger partial charge in [0.2, 0.25) is 5.84 Å². The minimum absolute atomic E-state index is 0.538. The van der Waals surface area contributed by atoms with Crippen molar-refractivity contribution in [2.45, 2.75) is 6.92 Å². The van der Waals surface area contributed by atoms with E-state index in [1.165, 1.54) is 5.84 Å². The molecule has 56 valence electrons. The fraction of sp³-hybridized carbons (Fsp3) is 0.714. The molecule has 0 saturated carbocycles. The van der Waals surface area contributed by atoms with Gasteiger partial charge < -0.3 is 0 Å². The molecule has 0 atom stereocenters. The third kappa shape index (κ3) is 1.17. The molecule has 0 aliphatic carbocycles. The molecule has 0 unspecified atom stereocenters. The number of nitrogens with zero attached hydrogens (tertiary/aromatic N) is 2. The molecule has 0 saturated heterocycles. The second kappa shape index (κ2) is 2.82. The summed E-state index contributed by atoms with van der Waals surface area (Å²) in [5, 5.41) is 0. The van der Waals surface area contributed by atoms with Crippen LogP contribution in [0.25, 0.3) is 0 Å². The standard InChI is InChI=1S/C7H13N2O/c1-7-8(2)3-4-9(7)5-6-10/h6H,3-5H2,1-2H3/q+1. The van der Waals surface area contributed by atoms with Crippen molar-refractivity contribution < 1.29 is 9.37 Å². The molecule has 0 spiro atoms. The summed E-state index contributed by atoms with van der Waals surface area (Å²) in [6, 6.07) is 0. The highest BCUT2D eigenvalue weighted by Gasteiger charge is 2.21. The van der Waals surface area contributed by atoms with Crippen LogP contribution < -0.4 is 0 Å². The summed E-state index contributed by atoms with van der Waals surface area (Å²) in [5.41, 5.74) is 0. The van der Waals surface area contributed by atoms with Crippen molar-refractivity contribution >= 4 is 12.1 Å². The predicted octanol–water partition coefficient (Wildman–Crippen LogP) is -0.438. The molecule has 0 N–H and O–H groups in total. The van der Waals surface area contributed by atoms with Gasteiger partial charge in [0.1, 0.15) is 19.6 Å². The highest BCUT2D eigenvalue weighted by Crippen LogP contribution is 1.95. The maximum atomic E-state index is 10.1. The first-order chi connectivity index (χ1) is 4.75. The number of likely N-dealkylation sites (N-methyl/N-ethyl adjacent to an activating group) is 1. The van der Waals surface area contributed by atoms with Gasteiger partial charge >= 0.3 is 0 Å². The number of carbonyl (C=O) groups excluding carboxylic acids is 1. The van der Waals surface area contributed by atoms with Crippen molar-refractivity contribution in [3.8, 4) is 0 Å². The maximum Gasteiger partial charge on any atom is 0.244 e. The first-order valence-corrected chi connectivity index (χ1v) is 3.49. The zero-order valence-corrected chi connectivity index (χ0v) is 6.50. The maximum absolute atomic E-state index is 10.1.